The summed E-state index contributed by atoms with van der Waals surface area (Å²) in [5, 5.41) is 2.88. The van der Waals surface area contributed by atoms with Crippen LogP contribution in [0, 0.1) is 0 Å². The van der Waals surface area contributed by atoms with Crippen LogP contribution in [0.3, 0.4) is 0 Å². The van der Waals surface area contributed by atoms with Gasteiger partial charge in [0.15, 0.2) is 0 Å². The standard InChI is InChI=1S/C16H23N3O2/c1-12(20)18-14-8-5-9-19(11-14)16(21)15(17)10-13-6-3-2-4-7-13/h2-4,6-7,14-15H,5,8-11,17H2,1H3,(H,18,20)/t14-,15-/m1/s1. The molecule has 1 aliphatic rings. The zero-order valence-corrected chi connectivity index (χ0v) is 12.4. The Morgan fingerprint density at radius 1 is 1.38 bits per heavy atom. The van der Waals surface area contributed by atoms with E-state index in [9.17, 15) is 9.59 Å². The quantitative estimate of drug-likeness (QED) is 0.856. The summed E-state index contributed by atoms with van der Waals surface area (Å²) in [4.78, 5) is 25.3. The normalized spacial score (nSPS) is 19.9. The third kappa shape index (κ3) is 4.56. The van der Waals surface area contributed by atoms with Crippen molar-refractivity contribution in [3.63, 3.8) is 0 Å². The maximum Gasteiger partial charge on any atom is 0.239 e. The summed E-state index contributed by atoms with van der Waals surface area (Å²) in [6.45, 7) is 2.78. The number of piperidine rings is 1. The molecule has 2 amide bonds. The number of carbonyl (C=O) groups is 2. The summed E-state index contributed by atoms with van der Waals surface area (Å²) in [6, 6.07) is 9.31. The van der Waals surface area contributed by atoms with Crippen LogP contribution in [0.5, 0.6) is 0 Å². The van der Waals surface area contributed by atoms with E-state index in [2.05, 4.69) is 5.32 Å². The molecule has 3 N–H and O–H groups in total. The van der Waals surface area contributed by atoms with Crippen LogP contribution >= 0.6 is 0 Å². The summed E-state index contributed by atoms with van der Waals surface area (Å²) < 4.78 is 0. The number of likely N-dealkylation sites (tertiary alicyclic amines) is 1. The van der Waals surface area contributed by atoms with Crippen molar-refractivity contribution >= 4 is 11.8 Å². The number of nitrogens with zero attached hydrogens (tertiary/aromatic N) is 1. The second kappa shape index (κ2) is 7.22. The monoisotopic (exact) mass is 289 g/mol. The zero-order valence-electron chi connectivity index (χ0n) is 12.4. The molecule has 1 aromatic rings. The zero-order chi connectivity index (χ0) is 15.2. The Kier molecular flexibility index (Phi) is 5.33. The van der Waals surface area contributed by atoms with E-state index < -0.39 is 6.04 Å². The van der Waals surface area contributed by atoms with Gasteiger partial charge < -0.3 is 16.0 Å². The van der Waals surface area contributed by atoms with Gasteiger partial charge in [0.25, 0.3) is 0 Å². The summed E-state index contributed by atoms with van der Waals surface area (Å²) in [7, 11) is 0. The molecule has 0 bridgehead atoms. The number of amides is 2. The predicted molar refractivity (Wildman–Crippen MR) is 81.5 cm³/mol. The van der Waals surface area contributed by atoms with Crippen LogP contribution in [-0.4, -0.2) is 41.9 Å². The summed E-state index contributed by atoms with van der Waals surface area (Å²) >= 11 is 0. The molecule has 0 aromatic heterocycles. The summed E-state index contributed by atoms with van der Waals surface area (Å²) in [6.07, 6.45) is 2.35. The van der Waals surface area contributed by atoms with Crippen molar-refractivity contribution < 1.29 is 9.59 Å². The molecule has 1 heterocycles. The largest absolute Gasteiger partial charge is 0.352 e. The first-order valence-corrected chi connectivity index (χ1v) is 7.41. The minimum absolute atomic E-state index is 0.0334. The first kappa shape index (κ1) is 15.5. The van der Waals surface area contributed by atoms with Crippen molar-refractivity contribution in [1.82, 2.24) is 10.2 Å². The number of hydrogen-bond donors (Lipinski definition) is 2. The van der Waals surface area contributed by atoms with E-state index in [1.807, 2.05) is 30.3 Å². The Balaban J connectivity index is 1.91. The van der Waals surface area contributed by atoms with Gasteiger partial charge in [0.2, 0.25) is 11.8 Å². The van der Waals surface area contributed by atoms with Gasteiger partial charge in [-0.1, -0.05) is 30.3 Å². The fourth-order valence-electron chi connectivity index (χ4n) is 2.77. The highest BCUT2D eigenvalue weighted by molar-refractivity contribution is 5.82. The minimum Gasteiger partial charge on any atom is -0.352 e. The molecule has 5 heteroatoms. The van der Waals surface area contributed by atoms with Crippen molar-refractivity contribution in [2.75, 3.05) is 13.1 Å². The minimum atomic E-state index is -0.525. The van der Waals surface area contributed by atoms with Gasteiger partial charge in [0, 0.05) is 26.1 Å². The number of hydrogen-bond acceptors (Lipinski definition) is 3. The fourth-order valence-corrected chi connectivity index (χ4v) is 2.77. The molecule has 0 saturated carbocycles. The molecule has 0 spiro atoms. The van der Waals surface area contributed by atoms with Crippen LogP contribution in [0.2, 0.25) is 0 Å². The average molecular weight is 289 g/mol. The van der Waals surface area contributed by atoms with E-state index in [0.717, 1.165) is 24.9 Å². The molecule has 21 heavy (non-hydrogen) atoms. The maximum absolute atomic E-state index is 12.4. The number of carbonyl (C=O) groups excluding carboxylic acids is 2. The highest BCUT2D eigenvalue weighted by atomic mass is 16.2. The van der Waals surface area contributed by atoms with Crippen LogP contribution in [0.4, 0.5) is 0 Å². The van der Waals surface area contributed by atoms with Crippen LogP contribution in [0.15, 0.2) is 30.3 Å². The molecule has 1 aromatic carbocycles. The molecule has 114 valence electrons. The second-order valence-corrected chi connectivity index (χ2v) is 5.62. The Bertz CT molecular complexity index is 490. The summed E-state index contributed by atoms with van der Waals surface area (Å²) in [5.74, 6) is -0.0863. The highest BCUT2D eigenvalue weighted by Crippen LogP contribution is 2.12. The molecular formula is C16H23N3O2. The highest BCUT2D eigenvalue weighted by Gasteiger charge is 2.27. The Hall–Kier alpha value is -1.88. The van der Waals surface area contributed by atoms with E-state index in [-0.39, 0.29) is 17.9 Å². The predicted octanol–water partition coefficient (Wildman–Crippen LogP) is 0.684. The van der Waals surface area contributed by atoms with Gasteiger partial charge in [-0.3, -0.25) is 9.59 Å². The van der Waals surface area contributed by atoms with Gasteiger partial charge in [0.1, 0.15) is 0 Å². The smallest absolute Gasteiger partial charge is 0.239 e. The molecular weight excluding hydrogens is 266 g/mol. The van der Waals surface area contributed by atoms with Gasteiger partial charge in [-0.15, -0.1) is 0 Å². The van der Waals surface area contributed by atoms with E-state index in [0.29, 0.717) is 13.0 Å². The third-order valence-corrected chi connectivity index (χ3v) is 3.76. The first-order chi connectivity index (χ1) is 10.1. The molecule has 0 aliphatic carbocycles. The second-order valence-electron chi connectivity index (χ2n) is 5.62. The molecule has 2 atom stereocenters. The average Bonchev–Trinajstić information content (AvgIpc) is 2.47. The lowest BCUT2D eigenvalue weighted by atomic mass is 10.0. The molecule has 1 fully saturated rings. The Morgan fingerprint density at radius 3 is 2.76 bits per heavy atom. The number of nitrogens with one attached hydrogen (secondary N) is 1. The van der Waals surface area contributed by atoms with E-state index in [1.54, 1.807) is 4.90 Å². The van der Waals surface area contributed by atoms with Crippen LogP contribution < -0.4 is 11.1 Å². The molecule has 1 saturated heterocycles. The lowest BCUT2D eigenvalue weighted by Crippen LogP contribution is -2.53. The number of benzene rings is 1. The molecule has 0 radical (unpaired) electrons. The fraction of sp³-hybridized carbons (Fsp3) is 0.500. The Labute approximate surface area is 125 Å². The number of rotatable bonds is 4. The van der Waals surface area contributed by atoms with Crippen molar-refractivity contribution in [3.05, 3.63) is 35.9 Å². The topological polar surface area (TPSA) is 75.4 Å². The van der Waals surface area contributed by atoms with Gasteiger partial charge >= 0.3 is 0 Å². The van der Waals surface area contributed by atoms with Crippen LogP contribution in [0.25, 0.3) is 0 Å². The molecule has 2 rings (SSSR count). The molecule has 0 unspecified atom stereocenters. The molecule has 5 nitrogen and oxygen atoms in total. The third-order valence-electron chi connectivity index (χ3n) is 3.76. The van der Waals surface area contributed by atoms with Crippen LogP contribution in [-0.2, 0) is 16.0 Å². The molecule has 1 aliphatic heterocycles. The van der Waals surface area contributed by atoms with Crippen molar-refractivity contribution in [3.8, 4) is 0 Å². The van der Waals surface area contributed by atoms with E-state index in [4.69, 9.17) is 5.73 Å². The lowest BCUT2D eigenvalue weighted by molar-refractivity contribution is -0.134. The van der Waals surface area contributed by atoms with Gasteiger partial charge in [-0.25, -0.2) is 0 Å². The van der Waals surface area contributed by atoms with E-state index in [1.165, 1.54) is 6.92 Å². The van der Waals surface area contributed by atoms with Crippen molar-refractivity contribution in [1.29, 1.82) is 0 Å². The first-order valence-electron chi connectivity index (χ1n) is 7.41. The van der Waals surface area contributed by atoms with Gasteiger partial charge in [0.05, 0.1) is 6.04 Å². The summed E-state index contributed by atoms with van der Waals surface area (Å²) in [5.41, 5.74) is 7.11. The van der Waals surface area contributed by atoms with Crippen LogP contribution in [0.1, 0.15) is 25.3 Å². The number of nitrogens with two attached hydrogens (primary N) is 1. The van der Waals surface area contributed by atoms with E-state index >= 15 is 0 Å². The van der Waals surface area contributed by atoms with Gasteiger partial charge in [-0.05, 0) is 24.8 Å². The van der Waals surface area contributed by atoms with Gasteiger partial charge in [-0.2, -0.15) is 0 Å². The SMILES string of the molecule is CC(=O)N[C@@H]1CCCN(C(=O)[C@H](N)Cc2ccccc2)C1. The maximum atomic E-state index is 12.4. The lowest BCUT2D eigenvalue weighted by Gasteiger charge is -2.34. The van der Waals surface area contributed by atoms with Crippen molar-refractivity contribution in [2.24, 2.45) is 5.73 Å². The Morgan fingerprint density at radius 2 is 2.10 bits per heavy atom. The van der Waals surface area contributed by atoms with Crippen molar-refractivity contribution in [2.45, 2.75) is 38.3 Å².